The zero-order chi connectivity index (χ0) is 25.7. The second-order valence-corrected chi connectivity index (χ2v) is 12.7. The molecular formula is C32H38N4O2. The maximum Gasteiger partial charge on any atom is 0.251 e. The summed E-state index contributed by atoms with van der Waals surface area (Å²) in [6, 6.07) is 13.7. The molecule has 5 aliphatic rings. The molecule has 0 radical (unpaired) electrons. The zero-order valence-corrected chi connectivity index (χ0v) is 22.1. The highest BCUT2D eigenvalue weighted by Crippen LogP contribution is 2.55. The predicted octanol–water partition coefficient (Wildman–Crippen LogP) is 6.38. The summed E-state index contributed by atoms with van der Waals surface area (Å²) in [7, 11) is 0. The van der Waals surface area contributed by atoms with Crippen LogP contribution >= 0.6 is 0 Å². The van der Waals surface area contributed by atoms with E-state index in [1.807, 2.05) is 42.5 Å². The van der Waals surface area contributed by atoms with Crippen LogP contribution in [0.2, 0.25) is 0 Å². The van der Waals surface area contributed by atoms with Crippen LogP contribution in [0.25, 0.3) is 22.4 Å². The van der Waals surface area contributed by atoms with Crippen LogP contribution in [0.3, 0.4) is 0 Å². The van der Waals surface area contributed by atoms with E-state index in [-0.39, 0.29) is 23.4 Å². The van der Waals surface area contributed by atoms with Crippen molar-refractivity contribution in [2.24, 2.45) is 17.8 Å². The second kappa shape index (κ2) is 9.55. The minimum atomic E-state index is -0.0160. The van der Waals surface area contributed by atoms with Crippen molar-refractivity contribution < 1.29 is 9.59 Å². The number of fused-ring (bicyclic) bond motifs is 1. The maximum atomic E-state index is 13.2. The Hall–Kier alpha value is -3.15. The van der Waals surface area contributed by atoms with Crippen molar-refractivity contribution in [2.45, 2.75) is 88.6 Å². The number of benzene rings is 2. The fraction of sp³-hybridized carbons (Fsp3) is 0.531. The third kappa shape index (κ3) is 4.63. The van der Waals surface area contributed by atoms with E-state index in [0.717, 1.165) is 72.3 Å². The van der Waals surface area contributed by atoms with E-state index >= 15 is 0 Å². The summed E-state index contributed by atoms with van der Waals surface area (Å²) in [5, 5.41) is 6.70. The van der Waals surface area contributed by atoms with Gasteiger partial charge < -0.3 is 15.6 Å². The fourth-order valence-corrected chi connectivity index (χ4v) is 8.33. The largest absolute Gasteiger partial charge is 0.349 e. The molecule has 0 unspecified atom stereocenters. The molecule has 0 atom stereocenters. The Morgan fingerprint density at radius 1 is 0.789 bits per heavy atom. The van der Waals surface area contributed by atoms with Gasteiger partial charge in [-0.2, -0.15) is 0 Å². The maximum absolute atomic E-state index is 13.2. The topological polar surface area (TPSA) is 86.9 Å². The van der Waals surface area contributed by atoms with Crippen LogP contribution in [0.15, 0.2) is 42.5 Å². The van der Waals surface area contributed by atoms with E-state index in [9.17, 15) is 9.59 Å². The van der Waals surface area contributed by atoms with Crippen LogP contribution < -0.4 is 10.6 Å². The first kappa shape index (κ1) is 23.9. The molecule has 198 valence electrons. The van der Waals surface area contributed by atoms with Crippen LogP contribution in [0, 0.1) is 17.8 Å². The molecule has 8 rings (SSSR count). The summed E-state index contributed by atoms with van der Waals surface area (Å²) in [5.41, 5.74) is 3.97. The summed E-state index contributed by atoms with van der Waals surface area (Å²) in [5.74, 6) is 3.20. The molecule has 5 fully saturated rings. The SMILES string of the molecule is O=C(NC1CCCCCC1)c1ccc2[nH]c(-c3ccc(C(=O)NC45CC6CC(CC(C6)C4)C5)cc3)nc2c1. The normalized spacial score (nSPS) is 28.8. The van der Waals surface area contributed by atoms with E-state index in [1.54, 1.807) is 0 Å². The fourth-order valence-electron chi connectivity index (χ4n) is 8.33. The summed E-state index contributed by atoms with van der Waals surface area (Å²) in [6.07, 6.45) is 14.6. The van der Waals surface area contributed by atoms with Crippen LogP contribution in [0.5, 0.6) is 0 Å². The van der Waals surface area contributed by atoms with Gasteiger partial charge in [0.05, 0.1) is 11.0 Å². The van der Waals surface area contributed by atoms with Crippen molar-refractivity contribution in [3.63, 3.8) is 0 Å². The minimum absolute atomic E-state index is 0.0160. The number of rotatable bonds is 5. The molecule has 4 bridgehead atoms. The van der Waals surface area contributed by atoms with Crippen molar-refractivity contribution in [3.05, 3.63) is 53.6 Å². The van der Waals surface area contributed by atoms with E-state index in [0.29, 0.717) is 11.1 Å². The number of amides is 2. The number of carbonyl (C=O) groups excluding carboxylic acids is 2. The van der Waals surface area contributed by atoms with E-state index < -0.39 is 0 Å². The molecule has 6 nitrogen and oxygen atoms in total. The number of H-pyrrole nitrogens is 1. The molecule has 5 aliphatic carbocycles. The lowest BCUT2D eigenvalue weighted by molar-refractivity contribution is -0.0167. The molecule has 3 N–H and O–H groups in total. The number of hydrogen-bond donors (Lipinski definition) is 3. The highest BCUT2D eigenvalue weighted by molar-refractivity contribution is 5.98. The van der Waals surface area contributed by atoms with Crippen molar-refractivity contribution in [1.82, 2.24) is 20.6 Å². The van der Waals surface area contributed by atoms with E-state index in [2.05, 4.69) is 15.6 Å². The first-order valence-electron chi connectivity index (χ1n) is 14.8. The Bertz CT molecular complexity index is 1310. The van der Waals surface area contributed by atoms with Gasteiger partial charge in [-0.05, 0) is 99.5 Å². The van der Waals surface area contributed by atoms with Gasteiger partial charge >= 0.3 is 0 Å². The van der Waals surface area contributed by atoms with Crippen molar-refractivity contribution in [2.75, 3.05) is 0 Å². The average molecular weight is 511 g/mol. The van der Waals surface area contributed by atoms with Gasteiger partial charge in [0.15, 0.2) is 0 Å². The third-order valence-corrected chi connectivity index (χ3v) is 9.77. The number of aromatic nitrogens is 2. The quantitative estimate of drug-likeness (QED) is 0.348. The first-order chi connectivity index (χ1) is 18.5. The molecule has 38 heavy (non-hydrogen) atoms. The molecular weight excluding hydrogens is 472 g/mol. The lowest BCUT2D eigenvalue weighted by Crippen LogP contribution is -2.59. The molecule has 5 saturated carbocycles. The lowest BCUT2D eigenvalue weighted by atomic mass is 9.53. The molecule has 3 aromatic rings. The molecule has 1 heterocycles. The molecule has 0 aliphatic heterocycles. The number of aromatic amines is 1. The Kier molecular flexibility index (Phi) is 6.01. The number of imidazole rings is 1. The Morgan fingerprint density at radius 2 is 1.42 bits per heavy atom. The highest BCUT2D eigenvalue weighted by Gasteiger charge is 2.51. The molecule has 1 aromatic heterocycles. The Balaban J connectivity index is 1.04. The van der Waals surface area contributed by atoms with E-state index in [4.69, 9.17) is 4.98 Å². The van der Waals surface area contributed by atoms with E-state index in [1.165, 1.54) is 44.9 Å². The van der Waals surface area contributed by atoms with Crippen molar-refractivity contribution >= 4 is 22.8 Å². The Morgan fingerprint density at radius 3 is 2.08 bits per heavy atom. The molecule has 2 amide bonds. The van der Waals surface area contributed by atoms with Gasteiger partial charge in [0.2, 0.25) is 0 Å². The van der Waals surface area contributed by atoms with Crippen LogP contribution in [-0.4, -0.2) is 33.4 Å². The number of hydrogen-bond acceptors (Lipinski definition) is 3. The molecule has 2 aromatic carbocycles. The standard InChI is InChI=1S/C32H38N4O2/c37-30(33-26-5-3-1-2-4-6-26)25-11-12-27-28(16-25)35-29(34-27)23-7-9-24(10-8-23)31(38)36-32-17-20-13-21(18-32)15-22(14-20)19-32/h7-12,16,20-22,26H,1-6,13-15,17-19H2,(H,33,37)(H,34,35)(H,36,38). The molecule has 0 spiro atoms. The minimum Gasteiger partial charge on any atom is -0.349 e. The predicted molar refractivity (Wildman–Crippen MR) is 149 cm³/mol. The van der Waals surface area contributed by atoms with Crippen LogP contribution in [0.4, 0.5) is 0 Å². The Labute approximate surface area is 224 Å². The summed E-state index contributed by atoms with van der Waals surface area (Å²) >= 11 is 0. The highest BCUT2D eigenvalue weighted by atomic mass is 16.2. The van der Waals surface area contributed by atoms with Crippen LogP contribution in [0.1, 0.15) is 97.8 Å². The number of carbonyl (C=O) groups is 2. The number of nitrogens with one attached hydrogen (secondary N) is 3. The number of nitrogens with zero attached hydrogens (tertiary/aromatic N) is 1. The zero-order valence-electron chi connectivity index (χ0n) is 22.1. The first-order valence-corrected chi connectivity index (χ1v) is 14.8. The molecule has 6 heteroatoms. The van der Waals surface area contributed by atoms with Gasteiger partial charge in [0, 0.05) is 28.3 Å². The monoisotopic (exact) mass is 510 g/mol. The third-order valence-electron chi connectivity index (χ3n) is 9.77. The molecule has 0 saturated heterocycles. The van der Waals surface area contributed by atoms with Gasteiger partial charge in [-0.1, -0.05) is 37.8 Å². The smallest absolute Gasteiger partial charge is 0.251 e. The average Bonchev–Trinajstić information content (AvgIpc) is 3.16. The lowest BCUT2D eigenvalue weighted by Gasteiger charge is -2.56. The van der Waals surface area contributed by atoms with Crippen molar-refractivity contribution in [1.29, 1.82) is 0 Å². The second-order valence-electron chi connectivity index (χ2n) is 12.7. The summed E-state index contributed by atoms with van der Waals surface area (Å²) in [4.78, 5) is 34.2. The van der Waals surface area contributed by atoms with Gasteiger partial charge in [-0.15, -0.1) is 0 Å². The van der Waals surface area contributed by atoms with Crippen molar-refractivity contribution in [3.8, 4) is 11.4 Å². The summed E-state index contributed by atoms with van der Waals surface area (Å²) in [6.45, 7) is 0. The van der Waals surface area contributed by atoms with Gasteiger partial charge in [-0.25, -0.2) is 4.98 Å². The summed E-state index contributed by atoms with van der Waals surface area (Å²) < 4.78 is 0. The van der Waals surface area contributed by atoms with Gasteiger partial charge in [0.25, 0.3) is 11.8 Å². The van der Waals surface area contributed by atoms with Gasteiger partial charge in [-0.3, -0.25) is 9.59 Å². The van der Waals surface area contributed by atoms with Gasteiger partial charge in [0.1, 0.15) is 5.82 Å². The van der Waals surface area contributed by atoms with Crippen LogP contribution in [-0.2, 0) is 0 Å².